The summed E-state index contributed by atoms with van der Waals surface area (Å²) in [6.07, 6.45) is 0. The molecule has 170 valence electrons. The summed E-state index contributed by atoms with van der Waals surface area (Å²) in [7, 11) is 0. The van der Waals surface area contributed by atoms with Gasteiger partial charge in [-0.2, -0.15) is 0 Å². The van der Waals surface area contributed by atoms with Crippen molar-refractivity contribution in [1.82, 2.24) is 9.88 Å². The van der Waals surface area contributed by atoms with E-state index in [0.717, 1.165) is 26.4 Å². The van der Waals surface area contributed by atoms with Gasteiger partial charge in [0, 0.05) is 0 Å². The van der Waals surface area contributed by atoms with Crippen molar-refractivity contribution in [2.45, 2.75) is 13.5 Å². The van der Waals surface area contributed by atoms with Crippen LogP contribution in [0.3, 0.4) is 0 Å². The van der Waals surface area contributed by atoms with E-state index in [0.29, 0.717) is 22.9 Å². The third-order valence-electron chi connectivity index (χ3n) is 5.55. The van der Waals surface area contributed by atoms with Crippen molar-refractivity contribution in [2.24, 2.45) is 0 Å². The van der Waals surface area contributed by atoms with Gasteiger partial charge in [-0.3, -0.25) is 24.2 Å². The van der Waals surface area contributed by atoms with E-state index in [1.54, 1.807) is 24.3 Å². The monoisotopic (exact) mass is 471 g/mol. The van der Waals surface area contributed by atoms with Crippen LogP contribution < -0.4 is 9.64 Å². The molecule has 0 fully saturated rings. The summed E-state index contributed by atoms with van der Waals surface area (Å²) in [6.45, 7) is 2.37. The summed E-state index contributed by atoms with van der Waals surface area (Å²) in [5.41, 5.74) is 2.29. The van der Waals surface area contributed by atoms with E-state index in [-0.39, 0.29) is 19.0 Å². The van der Waals surface area contributed by atoms with Gasteiger partial charge in [-0.05, 0) is 42.8 Å². The molecule has 0 aliphatic carbocycles. The van der Waals surface area contributed by atoms with Gasteiger partial charge < -0.3 is 4.74 Å². The second-order valence-electron chi connectivity index (χ2n) is 7.77. The number of aromatic nitrogens is 1. The number of imide groups is 1. The molecule has 8 heteroatoms. The second-order valence-corrected chi connectivity index (χ2v) is 8.78. The molecular weight excluding hydrogens is 450 g/mol. The Morgan fingerprint density at radius 2 is 1.65 bits per heavy atom. The number of benzene rings is 3. The molecule has 5 rings (SSSR count). The summed E-state index contributed by atoms with van der Waals surface area (Å²) in [5.74, 6) is -0.571. The number of anilines is 1. The Kier molecular flexibility index (Phi) is 5.81. The van der Waals surface area contributed by atoms with Crippen molar-refractivity contribution in [3.8, 4) is 5.75 Å². The highest BCUT2D eigenvalue weighted by Crippen LogP contribution is 2.33. The van der Waals surface area contributed by atoms with Crippen LogP contribution in [0.4, 0.5) is 5.13 Å². The lowest BCUT2D eigenvalue weighted by molar-refractivity contribution is -0.119. The van der Waals surface area contributed by atoms with E-state index in [1.165, 1.54) is 16.2 Å². The number of amides is 3. The van der Waals surface area contributed by atoms with Crippen LogP contribution in [-0.2, 0) is 11.3 Å². The first-order chi connectivity index (χ1) is 16.5. The van der Waals surface area contributed by atoms with Crippen LogP contribution >= 0.6 is 11.3 Å². The van der Waals surface area contributed by atoms with E-state index >= 15 is 0 Å². The standard InChI is InChI=1S/C26H21N3O4S/c1-2-33-18-12-13-21-22(14-18)34-26(27-21)28(15-17-8-4-3-5-9-17)23(30)16-29-24(31)19-10-6-7-11-20(19)25(29)32/h3-14H,2,15-16H2,1H3. The Bertz CT molecular complexity index is 1360. The lowest BCUT2D eigenvalue weighted by atomic mass is 10.1. The molecule has 3 aromatic carbocycles. The third kappa shape index (κ3) is 4.04. The summed E-state index contributed by atoms with van der Waals surface area (Å²) < 4.78 is 6.47. The first-order valence-corrected chi connectivity index (χ1v) is 11.7. The van der Waals surface area contributed by atoms with Gasteiger partial charge >= 0.3 is 0 Å². The van der Waals surface area contributed by atoms with Crippen molar-refractivity contribution in [2.75, 3.05) is 18.1 Å². The molecule has 1 aliphatic heterocycles. The Hall–Kier alpha value is -4.04. The summed E-state index contributed by atoms with van der Waals surface area (Å²) in [5, 5.41) is 0.495. The Morgan fingerprint density at radius 3 is 2.32 bits per heavy atom. The molecule has 2 heterocycles. The molecule has 4 aromatic rings. The normalized spacial score (nSPS) is 12.8. The van der Waals surface area contributed by atoms with Gasteiger partial charge in [0.05, 0.1) is 34.5 Å². The molecule has 0 radical (unpaired) electrons. The minimum absolute atomic E-state index is 0.265. The van der Waals surface area contributed by atoms with Crippen LogP contribution in [0.2, 0.25) is 0 Å². The topological polar surface area (TPSA) is 79.8 Å². The molecule has 7 nitrogen and oxygen atoms in total. The zero-order valence-electron chi connectivity index (χ0n) is 18.4. The van der Waals surface area contributed by atoms with Crippen molar-refractivity contribution < 1.29 is 19.1 Å². The van der Waals surface area contributed by atoms with Gasteiger partial charge in [-0.25, -0.2) is 4.98 Å². The van der Waals surface area contributed by atoms with E-state index in [4.69, 9.17) is 4.74 Å². The quantitative estimate of drug-likeness (QED) is 0.370. The highest BCUT2D eigenvalue weighted by molar-refractivity contribution is 7.22. The maximum atomic E-state index is 13.5. The van der Waals surface area contributed by atoms with Crippen molar-refractivity contribution in [3.63, 3.8) is 0 Å². The van der Waals surface area contributed by atoms with Gasteiger partial charge in [-0.15, -0.1) is 0 Å². The molecule has 34 heavy (non-hydrogen) atoms. The molecule has 3 amide bonds. The zero-order chi connectivity index (χ0) is 23.7. The van der Waals surface area contributed by atoms with Crippen molar-refractivity contribution in [3.05, 3.63) is 89.5 Å². The first-order valence-electron chi connectivity index (χ1n) is 10.9. The fourth-order valence-electron chi connectivity index (χ4n) is 3.90. The maximum Gasteiger partial charge on any atom is 0.262 e. The largest absolute Gasteiger partial charge is 0.494 e. The van der Waals surface area contributed by atoms with Gasteiger partial charge in [-0.1, -0.05) is 53.8 Å². The Balaban J connectivity index is 1.47. The van der Waals surface area contributed by atoms with Gasteiger partial charge in [0.25, 0.3) is 11.8 Å². The summed E-state index contributed by atoms with van der Waals surface area (Å²) >= 11 is 1.37. The molecule has 0 atom stereocenters. The van der Waals surface area contributed by atoms with Crippen LogP contribution in [0, 0.1) is 0 Å². The minimum atomic E-state index is -0.459. The number of hydrogen-bond donors (Lipinski definition) is 0. The minimum Gasteiger partial charge on any atom is -0.494 e. The predicted molar refractivity (Wildman–Crippen MR) is 130 cm³/mol. The maximum absolute atomic E-state index is 13.5. The Morgan fingerprint density at radius 1 is 0.971 bits per heavy atom. The van der Waals surface area contributed by atoms with Crippen LogP contribution in [0.15, 0.2) is 72.8 Å². The average molecular weight is 472 g/mol. The van der Waals surface area contributed by atoms with Gasteiger partial charge in [0.2, 0.25) is 5.91 Å². The van der Waals surface area contributed by atoms with Crippen LogP contribution in [0.1, 0.15) is 33.2 Å². The highest BCUT2D eigenvalue weighted by Gasteiger charge is 2.37. The fourth-order valence-corrected chi connectivity index (χ4v) is 4.91. The molecular formula is C26H21N3O4S. The highest BCUT2D eigenvalue weighted by atomic mass is 32.1. The lowest BCUT2D eigenvalue weighted by Gasteiger charge is -2.22. The zero-order valence-corrected chi connectivity index (χ0v) is 19.2. The molecule has 0 saturated carbocycles. The average Bonchev–Trinajstić information content (AvgIpc) is 3.38. The number of fused-ring (bicyclic) bond motifs is 2. The van der Waals surface area contributed by atoms with Crippen molar-refractivity contribution >= 4 is 44.4 Å². The number of rotatable bonds is 7. The number of ether oxygens (including phenoxy) is 1. The Labute approximate surface area is 200 Å². The fraction of sp³-hybridized carbons (Fsp3) is 0.154. The van der Waals surface area contributed by atoms with Crippen LogP contribution in [-0.4, -0.2) is 40.8 Å². The van der Waals surface area contributed by atoms with Crippen molar-refractivity contribution in [1.29, 1.82) is 0 Å². The molecule has 0 saturated heterocycles. The molecule has 0 unspecified atom stereocenters. The SMILES string of the molecule is CCOc1ccc2nc(N(Cc3ccccc3)C(=O)CN3C(=O)c4ccccc4C3=O)sc2c1. The number of thiazole rings is 1. The van der Waals surface area contributed by atoms with Crippen LogP contribution in [0.5, 0.6) is 5.75 Å². The van der Waals surface area contributed by atoms with Gasteiger partial charge in [0.1, 0.15) is 12.3 Å². The van der Waals surface area contributed by atoms with E-state index < -0.39 is 11.8 Å². The molecule has 1 aliphatic rings. The number of carbonyl (C=O) groups excluding carboxylic acids is 3. The molecule has 0 spiro atoms. The lowest BCUT2D eigenvalue weighted by Crippen LogP contribution is -2.42. The van der Waals surface area contributed by atoms with E-state index in [2.05, 4.69) is 4.98 Å². The van der Waals surface area contributed by atoms with Crippen LogP contribution in [0.25, 0.3) is 10.2 Å². The van der Waals surface area contributed by atoms with E-state index in [9.17, 15) is 14.4 Å². The number of nitrogens with zero attached hydrogens (tertiary/aromatic N) is 3. The second kappa shape index (κ2) is 9.07. The molecule has 1 aromatic heterocycles. The predicted octanol–water partition coefficient (Wildman–Crippen LogP) is 4.52. The van der Waals surface area contributed by atoms with E-state index in [1.807, 2.05) is 55.5 Å². The summed E-state index contributed by atoms with van der Waals surface area (Å²) in [4.78, 5) is 46.3. The number of hydrogen-bond acceptors (Lipinski definition) is 6. The summed E-state index contributed by atoms with van der Waals surface area (Å²) in [6, 6.07) is 21.7. The molecule has 0 N–H and O–H groups in total. The first kappa shape index (κ1) is 21.8. The molecule has 0 bridgehead atoms. The third-order valence-corrected chi connectivity index (χ3v) is 6.59. The van der Waals surface area contributed by atoms with Gasteiger partial charge in [0.15, 0.2) is 5.13 Å². The number of carbonyl (C=O) groups is 3. The smallest absolute Gasteiger partial charge is 0.262 e.